The van der Waals surface area contributed by atoms with Crippen LogP contribution in [0.25, 0.3) is 0 Å². The van der Waals surface area contributed by atoms with Gasteiger partial charge < -0.3 is 11.1 Å². The molecule has 2 rings (SSSR count). The van der Waals surface area contributed by atoms with E-state index in [0.29, 0.717) is 18.5 Å². The van der Waals surface area contributed by atoms with Crippen molar-refractivity contribution in [3.8, 4) is 0 Å². The Morgan fingerprint density at radius 3 is 3.27 bits per heavy atom. The Kier molecular flexibility index (Phi) is 3.38. The van der Waals surface area contributed by atoms with Crippen molar-refractivity contribution >= 4 is 0 Å². The molecule has 1 aliphatic heterocycles. The summed E-state index contributed by atoms with van der Waals surface area (Å²) >= 11 is 0. The van der Waals surface area contributed by atoms with Gasteiger partial charge in [-0.15, -0.1) is 0 Å². The molecule has 1 saturated heterocycles. The van der Waals surface area contributed by atoms with Gasteiger partial charge in [-0.1, -0.05) is 6.92 Å². The summed E-state index contributed by atoms with van der Waals surface area (Å²) in [5.41, 5.74) is 6.97. The molecule has 1 aromatic rings. The Balaban J connectivity index is 2.15. The fraction of sp³-hybridized carbons (Fsp3) is 0.727. The van der Waals surface area contributed by atoms with E-state index in [9.17, 15) is 0 Å². The normalized spacial score (nSPS) is 24.0. The molecule has 2 heterocycles. The largest absolute Gasteiger partial charge is 0.330 e. The SMILES string of the molecule is CC(CN)c1ccnn1C1CCCNC1. The maximum absolute atomic E-state index is 5.70. The van der Waals surface area contributed by atoms with E-state index in [0.717, 1.165) is 13.1 Å². The van der Waals surface area contributed by atoms with E-state index in [1.807, 2.05) is 6.20 Å². The van der Waals surface area contributed by atoms with E-state index < -0.39 is 0 Å². The number of aromatic nitrogens is 2. The minimum Gasteiger partial charge on any atom is -0.330 e. The maximum atomic E-state index is 5.70. The van der Waals surface area contributed by atoms with Crippen molar-refractivity contribution in [2.24, 2.45) is 5.73 Å². The summed E-state index contributed by atoms with van der Waals surface area (Å²) in [5, 5.41) is 7.85. The predicted octanol–water partition coefficient (Wildman–Crippen LogP) is 0.870. The molecular formula is C11H20N4. The van der Waals surface area contributed by atoms with E-state index in [4.69, 9.17) is 5.73 Å². The maximum Gasteiger partial charge on any atom is 0.0647 e. The highest BCUT2D eigenvalue weighted by Crippen LogP contribution is 2.22. The van der Waals surface area contributed by atoms with Gasteiger partial charge in [0.25, 0.3) is 0 Å². The van der Waals surface area contributed by atoms with Gasteiger partial charge in [0.15, 0.2) is 0 Å². The quantitative estimate of drug-likeness (QED) is 0.775. The summed E-state index contributed by atoms with van der Waals surface area (Å²) in [5.74, 6) is 0.398. The first kappa shape index (κ1) is 10.6. The van der Waals surface area contributed by atoms with Gasteiger partial charge >= 0.3 is 0 Å². The fourth-order valence-corrected chi connectivity index (χ4v) is 2.18. The first-order valence-electron chi connectivity index (χ1n) is 5.77. The lowest BCUT2D eigenvalue weighted by molar-refractivity contribution is 0.335. The second-order valence-electron chi connectivity index (χ2n) is 4.34. The van der Waals surface area contributed by atoms with Gasteiger partial charge in [0.2, 0.25) is 0 Å². The molecule has 1 fully saturated rings. The van der Waals surface area contributed by atoms with Gasteiger partial charge in [-0.25, -0.2) is 0 Å². The van der Waals surface area contributed by atoms with Crippen LogP contribution in [0.1, 0.15) is 37.4 Å². The minimum absolute atomic E-state index is 0.398. The molecule has 4 heteroatoms. The van der Waals surface area contributed by atoms with Crippen molar-refractivity contribution in [3.05, 3.63) is 18.0 Å². The number of nitrogens with two attached hydrogens (primary N) is 1. The second-order valence-corrected chi connectivity index (χ2v) is 4.34. The standard InChI is InChI=1S/C11H20N4/c1-9(7-12)11-4-6-14-15(11)10-3-2-5-13-8-10/h4,6,9-10,13H,2-3,5,7-8,12H2,1H3. The Hall–Kier alpha value is -0.870. The van der Waals surface area contributed by atoms with Crippen molar-refractivity contribution in [1.82, 2.24) is 15.1 Å². The first-order valence-corrected chi connectivity index (χ1v) is 5.77. The van der Waals surface area contributed by atoms with E-state index in [-0.39, 0.29) is 0 Å². The zero-order valence-corrected chi connectivity index (χ0v) is 9.32. The number of rotatable bonds is 3. The van der Waals surface area contributed by atoms with Gasteiger partial charge in [0, 0.05) is 30.9 Å². The molecule has 0 aromatic carbocycles. The number of hydrogen-bond donors (Lipinski definition) is 2. The van der Waals surface area contributed by atoms with E-state index >= 15 is 0 Å². The zero-order chi connectivity index (χ0) is 10.7. The molecule has 0 saturated carbocycles. The summed E-state index contributed by atoms with van der Waals surface area (Å²) in [7, 11) is 0. The van der Waals surface area contributed by atoms with Crippen LogP contribution < -0.4 is 11.1 Å². The van der Waals surface area contributed by atoms with Gasteiger partial charge in [-0.2, -0.15) is 5.10 Å². The highest BCUT2D eigenvalue weighted by atomic mass is 15.3. The molecule has 4 nitrogen and oxygen atoms in total. The van der Waals surface area contributed by atoms with Crippen LogP contribution in [0.2, 0.25) is 0 Å². The van der Waals surface area contributed by atoms with Crippen LogP contribution in [0, 0.1) is 0 Å². The lowest BCUT2D eigenvalue weighted by atomic mass is 10.0. The Bertz CT molecular complexity index is 301. The van der Waals surface area contributed by atoms with Crippen LogP contribution in [-0.2, 0) is 0 Å². The van der Waals surface area contributed by atoms with Gasteiger partial charge in [0.05, 0.1) is 6.04 Å². The summed E-state index contributed by atoms with van der Waals surface area (Å²) < 4.78 is 2.16. The average molecular weight is 208 g/mol. The lowest BCUT2D eigenvalue weighted by Crippen LogP contribution is -2.33. The fourth-order valence-electron chi connectivity index (χ4n) is 2.18. The molecular weight excluding hydrogens is 188 g/mol. The van der Waals surface area contributed by atoms with Crippen molar-refractivity contribution < 1.29 is 0 Å². The molecule has 84 valence electrons. The van der Waals surface area contributed by atoms with E-state index in [2.05, 4.69) is 28.1 Å². The van der Waals surface area contributed by atoms with Crippen LogP contribution in [0.15, 0.2) is 12.3 Å². The number of nitrogens with one attached hydrogen (secondary N) is 1. The number of nitrogens with zero attached hydrogens (tertiary/aromatic N) is 2. The average Bonchev–Trinajstić information content (AvgIpc) is 2.78. The number of hydrogen-bond acceptors (Lipinski definition) is 3. The molecule has 0 radical (unpaired) electrons. The summed E-state index contributed by atoms with van der Waals surface area (Å²) in [6.07, 6.45) is 4.34. The molecule has 0 aliphatic carbocycles. The van der Waals surface area contributed by atoms with Crippen molar-refractivity contribution in [3.63, 3.8) is 0 Å². The monoisotopic (exact) mass is 208 g/mol. The van der Waals surface area contributed by atoms with Crippen molar-refractivity contribution in [2.45, 2.75) is 31.7 Å². The molecule has 2 unspecified atom stereocenters. The molecule has 2 atom stereocenters. The zero-order valence-electron chi connectivity index (χ0n) is 9.32. The lowest BCUT2D eigenvalue weighted by Gasteiger charge is -2.26. The molecule has 0 amide bonds. The Morgan fingerprint density at radius 2 is 2.60 bits per heavy atom. The first-order chi connectivity index (χ1) is 7.33. The van der Waals surface area contributed by atoms with Crippen molar-refractivity contribution in [2.75, 3.05) is 19.6 Å². The van der Waals surface area contributed by atoms with Crippen LogP contribution in [0.3, 0.4) is 0 Å². The summed E-state index contributed by atoms with van der Waals surface area (Å²) in [6, 6.07) is 2.60. The van der Waals surface area contributed by atoms with Crippen LogP contribution in [-0.4, -0.2) is 29.4 Å². The third-order valence-electron chi connectivity index (χ3n) is 3.18. The van der Waals surface area contributed by atoms with Gasteiger partial charge in [-0.05, 0) is 25.5 Å². The Labute approximate surface area is 90.8 Å². The Morgan fingerprint density at radius 1 is 1.73 bits per heavy atom. The molecule has 0 bridgehead atoms. The molecule has 15 heavy (non-hydrogen) atoms. The van der Waals surface area contributed by atoms with E-state index in [1.54, 1.807) is 0 Å². The molecule has 1 aliphatic rings. The van der Waals surface area contributed by atoms with Crippen LogP contribution in [0.4, 0.5) is 0 Å². The third kappa shape index (κ3) is 2.21. The van der Waals surface area contributed by atoms with Crippen LogP contribution in [0.5, 0.6) is 0 Å². The van der Waals surface area contributed by atoms with Gasteiger partial charge in [-0.3, -0.25) is 4.68 Å². The molecule has 0 spiro atoms. The summed E-state index contributed by atoms with van der Waals surface area (Å²) in [6.45, 7) is 5.02. The topological polar surface area (TPSA) is 55.9 Å². The minimum atomic E-state index is 0.398. The molecule has 1 aromatic heterocycles. The summed E-state index contributed by atoms with van der Waals surface area (Å²) in [4.78, 5) is 0. The third-order valence-corrected chi connectivity index (χ3v) is 3.18. The van der Waals surface area contributed by atoms with Gasteiger partial charge in [0.1, 0.15) is 0 Å². The highest BCUT2D eigenvalue weighted by molar-refractivity contribution is 5.08. The van der Waals surface area contributed by atoms with E-state index in [1.165, 1.54) is 18.5 Å². The molecule has 3 N–H and O–H groups in total. The number of piperidine rings is 1. The highest BCUT2D eigenvalue weighted by Gasteiger charge is 2.19. The van der Waals surface area contributed by atoms with Crippen molar-refractivity contribution in [1.29, 1.82) is 0 Å². The smallest absolute Gasteiger partial charge is 0.0647 e. The van der Waals surface area contributed by atoms with Crippen LogP contribution >= 0.6 is 0 Å². The second kappa shape index (κ2) is 4.77. The predicted molar refractivity (Wildman–Crippen MR) is 60.8 cm³/mol.